The van der Waals surface area contributed by atoms with Gasteiger partial charge in [0.25, 0.3) is 0 Å². The number of rotatable bonds is 12. The number of hydrogen-bond donors (Lipinski definition) is 2. The number of unbranched alkanes of at least 4 members (excludes halogenated alkanes) is 1. The number of guanidine groups is 1. The Morgan fingerprint density at radius 3 is 2.66 bits per heavy atom. The second-order valence-corrected chi connectivity index (χ2v) is 8.86. The highest BCUT2D eigenvalue weighted by molar-refractivity contribution is 5.79. The molecule has 7 heteroatoms. The number of ether oxygens (including phenoxy) is 2. The van der Waals surface area contributed by atoms with Crippen molar-refractivity contribution in [2.75, 3.05) is 77.6 Å². The Morgan fingerprint density at radius 1 is 1.12 bits per heavy atom. The van der Waals surface area contributed by atoms with E-state index in [1.807, 2.05) is 7.05 Å². The summed E-state index contributed by atoms with van der Waals surface area (Å²) in [6.07, 6.45) is 5.96. The van der Waals surface area contributed by atoms with E-state index in [2.05, 4.69) is 56.6 Å². The molecule has 3 rings (SSSR count). The zero-order valence-corrected chi connectivity index (χ0v) is 20.2. The molecule has 0 aromatic heterocycles. The number of piperazine rings is 1. The summed E-state index contributed by atoms with van der Waals surface area (Å²) in [4.78, 5) is 9.42. The lowest BCUT2D eigenvalue weighted by atomic mass is 10.2. The molecule has 1 unspecified atom stereocenters. The number of nitrogens with one attached hydrogen (secondary N) is 2. The molecule has 0 radical (unpaired) electrons. The number of hydrogen-bond acceptors (Lipinski definition) is 5. The molecule has 2 aliphatic heterocycles. The first-order valence-electron chi connectivity index (χ1n) is 12.4. The lowest BCUT2D eigenvalue weighted by Gasteiger charge is -2.36. The molecule has 2 N–H and O–H groups in total. The Labute approximate surface area is 194 Å². The highest BCUT2D eigenvalue weighted by Crippen LogP contribution is 2.18. The molecule has 1 aromatic rings. The van der Waals surface area contributed by atoms with Gasteiger partial charge in [-0.15, -0.1) is 0 Å². The van der Waals surface area contributed by atoms with E-state index in [9.17, 15) is 0 Å². The summed E-state index contributed by atoms with van der Waals surface area (Å²) < 4.78 is 11.3. The van der Waals surface area contributed by atoms with Crippen molar-refractivity contribution >= 4 is 11.6 Å². The second-order valence-electron chi connectivity index (χ2n) is 8.86. The molecule has 2 aliphatic rings. The van der Waals surface area contributed by atoms with Crippen molar-refractivity contribution in [3.05, 3.63) is 29.8 Å². The van der Waals surface area contributed by atoms with Gasteiger partial charge in [0.2, 0.25) is 0 Å². The molecule has 1 atom stereocenters. The van der Waals surface area contributed by atoms with Crippen molar-refractivity contribution in [2.45, 2.75) is 45.1 Å². The molecule has 0 saturated carbocycles. The minimum absolute atomic E-state index is 0.314. The summed E-state index contributed by atoms with van der Waals surface area (Å²) in [5.41, 5.74) is 2.70. The fourth-order valence-corrected chi connectivity index (χ4v) is 4.31. The Balaban J connectivity index is 1.16. The molecular formula is C25H43N5O2. The Kier molecular flexibility index (Phi) is 11.1. The van der Waals surface area contributed by atoms with Crippen LogP contribution in [-0.2, 0) is 9.47 Å². The molecule has 1 aromatic carbocycles. The topological polar surface area (TPSA) is 61.4 Å². The third-order valence-corrected chi connectivity index (χ3v) is 6.24. The predicted octanol–water partition coefficient (Wildman–Crippen LogP) is 2.65. The van der Waals surface area contributed by atoms with E-state index >= 15 is 0 Å². The summed E-state index contributed by atoms with van der Waals surface area (Å²) in [5.74, 6) is 0.885. The quantitative estimate of drug-likeness (QED) is 0.293. The van der Waals surface area contributed by atoms with Crippen LogP contribution in [0.3, 0.4) is 0 Å². The van der Waals surface area contributed by atoms with E-state index in [4.69, 9.17) is 9.47 Å². The molecule has 0 bridgehead atoms. The Bertz CT molecular complexity index is 670. The maximum absolute atomic E-state index is 5.71. The van der Waals surface area contributed by atoms with E-state index in [0.29, 0.717) is 6.10 Å². The van der Waals surface area contributed by atoms with Gasteiger partial charge in [-0.3, -0.25) is 9.89 Å². The standard InChI is InChI=1S/C25H43N5O2/c1-22-8-5-9-23(20-22)30-16-14-29(15-17-30)13-4-3-11-27-25(26-2)28-12-7-18-31-21-24-10-6-19-32-24/h5,8-9,20,24H,3-4,6-7,10-19,21H2,1-2H3,(H2,26,27,28). The number of nitrogens with zero attached hydrogens (tertiary/aromatic N) is 3. The third-order valence-electron chi connectivity index (χ3n) is 6.24. The minimum atomic E-state index is 0.314. The fourth-order valence-electron chi connectivity index (χ4n) is 4.31. The van der Waals surface area contributed by atoms with Crippen LogP contribution in [0.1, 0.15) is 37.7 Å². The van der Waals surface area contributed by atoms with Crippen molar-refractivity contribution in [3.63, 3.8) is 0 Å². The predicted molar refractivity (Wildman–Crippen MR) is 133 cm³/mol. The number of aryl methyl sites for hydroxylation is 1. The third kappa shape index (κ3) is 8.96. The maximum atomic E-state index is 5.71. The fraction of sp³-hybridized carbons (Fsp3) is 0.720. The van der Waals surface area contributed by atoms with Crippen molar-refractivity contribution in [3.8, 4) is 0 Å². The summed E-state index contributed by atoms with van der Waals surface area (Å²) in [6, 6.07) is 8.85. The van der Waals surface area contributed by atoms with Crippen LogP contribution < -0.4 is 15.5 Å². The van der Waals surface area contributed by atoms with Gasteiger partial charge in [0.05, 0.1) is 12.7 Å². The largest absolute Gasteiger partial charge is 0.379 e. The summed E-state index contributed by atoms with van der Waals surface area (Å²) in [5, 5.41) is 6.80. The molecule has 0 aliphatic carbocycles. The Morgan fingerprint density at radius 2 is 1.94 bits per heavy atom. The van der Waals surface area contributed by atoms with Gasteiger partial charge in [-0.25, -0.2) is 0 Å². The van der Waals surface area contributed by atoms with Crippen LogP contribution in [0, 0.1) is 6.92 Å². The maximum Gasteiger partial charge on any atom is 0.190 e. The highest BCUT2D eigenvalue weighted by atomic mass is 16.5. The molecule has 2 saturated heterocycles. The van der Waals surface area contributed by atoms with Gasteiger partial charge < -0.3 is 25.0 Å². The van der Waals surface area contributed by atoms with Gasteiger partial charge in [0.1, 0.15) is 0 Å². The molecule has 2 heterocycles. The molecule has 0 spiro atoms. The van der Waals surface area contributed by atoms with Crippen molar-refractivity contribution in [1.29, 1.82) is 0 Å². The van der Waals surface area contributed by atoms with Crippen LogP contribution in [-0.4, -0.2) is 89.6 Å². The first-order valence-corrected chi connectivity index (χ1v) is 12.4. The molecule has 7 nitrogen and oxygen atoms in total. The molecule has 32 heavy (non-hydrogen) atoms. The van der Waals surface area contributed by atoms with Gasteiger partial charge in [-0.2, -0.15) is 0 Å². The zero-order valence-electron chi connectivity index (χ0n) is 20.2. The molecular weight excluding hydrogens is 402 g/mol. The monoisotopic (exact) mass is 445 g/mol. The van der Waals surface area contributed by atoms with Crippen LogP contribution in [0.25, 0.3) is 0 Å². The smallest absolute Gasteiger partial charge is 0.190 e. The lowest BCUT2D eigenvalue weighted by molar-refractivity contribution is 0.0168. The van der Waals surface area contributed by atoms with Crippen LogP contribution in [0.5, 0.6) is 0 Å². The summed E-state index contributed by atoms with van der Waals surface area (Å²) in [7, 11) is 1.83. The van der Waals surface area contributed by atoms with Crippen LogP contribution in [0.15, 0.2) is 29.3 Å². The summed E-state index contributed by atoms with van der Waals surface area (Å²) >= 11 is 0. The first kappa shape index (κ1) is 24.8. The van der Waals surface area contributed by atoms with E-state index < -0.39 is 0 Å². The van der Waals surface area contributed by atoms with Crippen LogP contribution in [0.4, 0.5) is 5.69 Å². The molecule has 180 valence electrons. The van der Waals surface area contributed by atoms with Gasteiger partial charge in [0, 0.05) is 65.2 Å². The van der Waals surface area contributed by atoms with Gasteiger partial charge in [0.15, 0.2) is 5.96 Å². The lowest BCUT2D eigenvalue weighted by Crippen LogP contribution is -2.46. The van der Waals surface area contributed by atoms with Gasteiger partial charge in [-0.1, -0.05) is 12.1 Å². The van der Waals surface area contributed by atoms with Crippen LogP contribution in [0.2, 0.25) is 0 Å². The van der Waals surface area contributed by atoms with Crippen molar-refractivity contribution < 1.29 is 9.47 Å². The van der Waals surface area contributed by atoms with Crippen LogP contribution >= 0.6 is 0 Å². The van der Waals surface area contributed by atoms with Gasteiger partial charge in [-0.05, 0) is 63.3 Å². The van der Waals surface area contributed by atoms with Crippen molar-refractivity contribution in [1.82, 2.24) is 15.5 Å². The summed E-state index contributed by atoms with van der Waals surface area (Å²) in [6.45, 7) is 12.1. The van der Waals surface area contributed by atoms with E-state index in [1.54, 1.807) is 0 Å². The molecule has 2 fully saturated rings. The van der Waals surface area contributed by atoms with Crippen molar-refractivity contribution in [2.24, 2.45) is 4.99 Å². The number of aliphatic imine (C=N–C) groups is 1. The normalized spacial score (nSPS) is 20.0. The average Bonchev–Trinajstić information content (AvgIpc) is 3.33. The number of benzene rings is 1. The van der Waals surface area contributed by atoms with E-state index in [0.717, 1.165) is 84.3 Å². The second kappa shape index (κ2) is 14.3. The molecule has 0 amide bonds. The van der Waals surface area contributed by atoms with Gasteiger partial charge >= 0.3 is 0 Å². The Hall–Kier alpha value is -1.83. The highest BCUT2D eigenvalue weighted by Gasteiger charge is 2.17. The van der Waals surface area contributed by atoms with E-state index in [1.165, 1.54) is 30.6 Å². The average molecular weight is 446 g/mol. The minimum Gasteiger partial charge on any atom is -0.379 e. The first-order chi connectivity index (χ1) is 15.7. The number of anilines is 1. The van der Waals surface area contributed by atoms with E-state index in [-0.39, 0.29) is 0 Å². The zero-order chi connectivity index (χ0) is 22.4. The SMILES string of the molecule is CN=C(NCCCCN1CCN(c2cccc(C)c2)CC1)NCCCOCC1CCCO1.